The van der Waals surface area contributed by atoms with Crippen molar-refractivity contribution in [2.45, 2.75) is 45.4 Å². The third kappa shape index (κ3) is 2.38. The summed E-state index contributed by atoms with van der Waals surface area (Å²) in [5, 5.41) is 0. The average Bonchev–Trinajstić information content (AvgIpc) is 2.80. The lowest BCUT2D eigenvalue weighted by Gasteiger charge is -2.39. The van der Waals surface area contributed by atoms with Gasteiger partial charge in [0.05, 0.1) is 6.61 Å². The van der Waals surface area contributed by atoms with E-state index in [1.807, 2.05) is 0 Å². The molecule has 0 bridgehead atoms. The van der Waals surface area contributed by atoms with Crippen LogP contribution in [-0.2, 0) is 0 Å². The third-order valence-corrected chi connectivity index (χ3v) is 5.82. The molecule has 0 aromatic heterocycles. The van der Waals surface area contributed by atoms with Gasteiger partial charge in [-0.15, -0.1) is 0 Å². The molecule has 4 unspecified atom stereocenters. The molecule has 0 spiro atoms. The number of rotatable bonds is 4. The number of ether oxygens (including phenoxy) is 1. The molecule has 1 nitrogen and oxygen atoms in total. The molecule has 4 rings (SSSR count). The first kappa shape index (κ1) is 14.8. The first-order valence-electron chi connectivity index (χ1n) is 9.06. The van der Waals surface area contributed by atoms with Crippen LogP contribution in [-0.4, -0.2) is 6.61 Å². The first-order valence-corrected chi connectivity index (χ1v) is 9.06. The molecule has 2 aromatic rings. The maximum Gasteiger partial charge on any atom is 0.119 e. The molecule has 0 saturated heterocycles. The van der Waals surface area contributed by atoms with Gasteiger partial charge >= 0.3 is 0 Å². The van der Waals surface area contributed by atoms with E-state index in [1.165, 1.54) is 17.5 Å². The number of hydrogen-bond acceptors (Lipinski definition) is 1. The Bertz CT molecular complexity index is 700. The second kappa shape index (κ2) is 5.70. The molecule has 1 fully saturated rings. The van der Waals surface area contributed by atoms with Gasteiger partial charge in [0, 0.05) is 0 Å². The molecule has 0 amide bonds. The molecule has 0 N–H and O–H groups in total. The van der Waals surface area contributed by atoms with Crippen molar-refractivity contribution in [1.82, 2.24) is 0 Å². The molecule has 2 aliphatic rings. The van der Waals surface area contributed by atoms with Crippen molar-refractivity contribution in [3.8, 4) is 16.9 Å². The van der Waals surface area contributed by atoms with E-state index >= 15 is 0 Å². The Kier molecular flexibility index (Phi) is 3.67. The molecule has 1 heteroatoms. The van der Waals surface area contributed by atoms with E-state index in [0.717, 1.165) is 42.4 Å². The van der Waals surface area contributed by atoms with Gasteiger partial charge in [-0.25, -0.2) is 0 Å². The highest BCUT2D eigenvalue weighted by Crippen LogP contribution is 2.61. The Balaban J connectivity index is 1.60. The largest absolute Gasteiger partial charge is 0.494 e. The highest BCUT2D eigenvalue weighted by atomic mass is 16.5. The second-order valence-corrected chi connectivity index (χ2v) is 7.46. The predicted octanol–water partition coefficient (Wildman–Crippen LogP) is 6.00. The Morgan fingerprint density at radius 3 is 2.22 bits per heavy atom. The summed E-state index contributed by atoms with van der Waals surface area (Å²) >= 11 is 0. The predicted molar refractivity (Wildman–Crippen MR) is 96.1 cm³/mol. The quantitative estimate of drug-likeness (QED) is 0.673. The van der Waals surface area contributed by atoms with Crippen molar-refractivity contribution >= 4 is 0 Å². The second-order valence-electron chi connectivity index (χ2n) is 7.46. The summed E-state index contributed by atoms with van der Waals surface area (Å²) in [6.45, 7) is 7.77. The molecule has 0 aliphatic heterocycles. The van der Waals surface area contributed by atoms with E-state index < -0.39 is 0 Å². The van der Waals surface area contributed by atoms with Gasteiger partial charge in [0.1, 0.15) is 5.75 Å². The van der Waals surface area contributed by atoms with Gasteiger partial charge in [-0.05, 0) is 70.9 Å². The fourth-order valence-electron chi connectivity index (χ4n) is 4.80. The van der Waals surface area contributed by atoms with E-state index in [1.54, 1.807) is 11.1 Å². The van der Waals surface area contributed by atoms with Gasteiger partial charge in [-0.1, -0.05) is 51.1 Å². The fraction of sp³-hybridized carbons (Fsp3) is 0.455. The standard InChI is InChI=1S/C22H26O/c1-4-11-23-18-8-5-16(6-9-18)17-7-10-19-20(13-17)22-15(3)12-14(2)21(19)22/h5-10,13-15,21-22H,4,11-12H2,1-3H3. The Morgan fingerprint density at radius 2 is 1.52 bits per heavy atom. The van der Waals surface area contributed by atoms with Crippen LogP contribution in [0.25, 0.3) is 11.1 Å². The number of benzene rings is 2. The summed E-state index contributed by atoms with van der Waals surface area (Å²) in [5.41, 5.74) is 5.85. The van der Waals surface area contributed by atoms with E-state index in [2.05, 4.69) is 63.2 Å². The van der Waals surface area contributed by atoms with Crippen LogP contribution in [0.3, 0.4) is 0 Å². The lowest BCUT2D eigenvalue weighted by atomic mass is 9.65. The van der Waals surface area contributed by atoms with E-state index in [4.69, 9.17) is 4.74 Å². The molecular weight excluding hydrogens is 280 g/mol. The maximum atomic E-state index is 5.68. The SMILES string of the molecule is CCCOc1ccc(-c2ccc3c(c2)C2C(C)CC(C)C32)cc1. The summed E-state index contributed by atoms with van der Waals surface area (Å²) in [7, 11) is 0. The zero-order valence-electron chi connectivity index (χ0n) is 14.4. The number of hydrogen-bond donors (Lipinski definition) is 0. The average molecular weight is 306 g/mol. The summed E-state index contributed by atoms with van der Waals surface area (Å²) in [4.78, 5) is 0. The van der Waals surface area contributed by atoms with Crippen LogP contribution in [0.2, 0.25) is 0 Å². The first-order chi connectivity index (χ1) is 11.2. The molecule has 120 valence electrons. The van der Waals surface area contributed by atoms with Gasteiger partial charge in [-0.3, -0.25) is 0 Å². The summed E-state index contributed by atoms with van der Waals surface area (Å²) in [6, 6.07) is 15.7. The minimum absolute atomic E-state index is 0.789. The molecule has 1 saturated carbocycles. The smallest absolute Gasteiger partial charge is 0.119 e. The minimum Gasteiger partial charge on any atom is -0.494 e. The molecule has 4 atom stereocenters. The number of fused-ring (bicyclic) bond motifs is 4. The normalized spacial score (nSPS) is 28.0. The Morgan fingerprint density at radius 1 is 0.870 bits per heavy atom. The lowest BCUT2D eigenvalue weighted by molar-refractivity contribution is 0.317. The van der Waals surface area contributed by atoms with Crippen LogP contribution in [0.15, 0.2) is 42.5 Å². The molecular formula is C22H26O. The van der Waals surface area contributed by atoms with Gasteiger partial charge in [0.25, 0.3) is 0 Å². The van der Waals surface area contributed by atoms with Crippen LogP contribution in [0, 0.1) is 11.8 Å². The van der Waals surface area contributed by atoms with E-state index in [0.29, 0.717) is 0 Å². The van der Waals surface area contributed by atoms with Gasteiger partial charge in [0.2, 0.25) is 0 Å². The summed E-state index contributed by atoms with van der Waals surface area (Å²) < 4.78 is 5.68. The van der Waals surface area contributed by atoms with Crippen LogP contribution in [0.1, 0.15) is 56.6 Å². The lowest BCUT2D eigenvalue weighted by Crippen LogP contribution is -2.25. The van der Waals surface area contributed by atoms with Crippen molar-refractivity contribution in [3.05, 3.63) is 53.6 Å². The van der Waals surface area contributed by atoms with Crippen molar-refractivity contribution in [2.24, 2.45) is 11.8 Å². The third-order valence-electron chi connectivity index (χ3n) is 5.82. The van der Waals surface area contributed by atoms with Gasteiger partial charge in [0.15, 0.2) is 0 Å². The summed E-state index contributed by atoms with van der Waals surface area (Å²) in [6.07, 6.45) is 2.43. The monoisotopic (exact) mass is 306 g/mol. The van der Waals surface area contributed by atoms with E-state index in [-0.39, 0.29) is 0 Å². The van der Waals surface area contributed by atoms with Crippen LogP contribution >= 0.6 is 0 Å². The molecule has 2 aliphatic carbocycles. The van der Waals surface area contributed by atoms with Crippen molar-refractivity contribution in [3.63, 3.8) is 0 Å². The van der Waals surface area contributed by atoms with Crippen LogP contribution in [0.5, 0.6) is 5.75 Å². The molecule has 23 heavy (non-hydrogen) atoms. The summed E-state index contributed by atoms with van der Waals surface area (Å²) in [5.74, 6) is 4.27. The van der Waals surface area contributed by atoms with Crippen molar-refractivity contribution in [2.75, 3.05) is 6.61 Å². The Labute approximate surface area is 139 Å². The van der Waals surface area contributed by atoms with Gasteiger partial charge in [-0.2, -0.15) is 0 Å². The Hall–Kier alpha value is -1.76. The van der Waals surface area contributed by atoms with Crippen molar-refractivity contribution in [1.29, 1.82) is 0 Å². The molecule has 2 aromatic carbocycles. The topological polar surface area (TPSA) is 9.23 Å². The van der Waals surface area contributed by atoms with Gasteiger partial charge < -0.3 is 4.74 Å². The fourth-order valence-corrected chi connectivity index (χ4v) is 4.80. The highest BCUT2D eigenvalue weighted by Gasteiger charge is 2.48. The van der Waals surface area contributed by atoms with E-state index in [9.17, 15) is 0 Å². The highest BCUT2D eigenvalue weighted by molar-refractivity contribution is 5.68. The molecule has 0 radical (unpaired) electrons. The zero-order valence-corrected chi connectivity index (χ0v) is 14.4. The zero-order chi connectivity index (χ0) is 16.0. The van der Waals surface area contributed by atoms with Crippen molar-refractivity contribution < 1.29 is 4.74 Å². The van der Waals surface area contributed by atoms with Crippen LogP contribution in [0.4, 0.5) is 0 Å². The molecule has 0 heterocycles. The maximum absolute atomic E-state index is 5.68. The minimum atomic E-state index is 0.789. The van der Waals surface area contributed by atoms with Crippen LogP contribution < -0.4 is 4.74 Å².